The zero-order chi connectivity index (χ0) is 35.8. The average Bonchev–Trinajstić information content (AvgIpc) is 3.67. The predicted octanol–water partition coefficient (Wildman–Crippen LogP) is 13.3. The van der Waals surface area contributed by atoms with Crippen LogP contribution in [-0.2, 0) is 12.4 Å². The molecule has 9 rings (SSSR count). The summed E-state index contributed by atoms with van der Waals surface area (Å²) in [6.07, 6.45) is -9.07. The van der Waals surface area contributed by atoms with Crippen molar-refractivity contribution >= 4 is 43.6 Å². The molecule has 0 aliphatic rings. The van der Waals surface area contributed by atoms with Crippen LogP contribution in [0.4, 0.5) is 26.3 Å². The summed E-state index contributed by atoms with van der Waals surface area (Å²) in [5.41, 5.74) is 5.50. The Morgan fingerprint density at radius 1 is 0.346 bits per heavy atom. The van der Waals surface area contributed by atoms with E-state index >= 15 is 0 Å². The van der Waals surface area contributed by atoms with Crippen LogP contribution in [0.5, 0.6) is 0 Å². The number of alkyl halides is 6. The molecule has 2 nitrogen and oxygen atoms in total. The van der Waals surface area contributed by atoms with Crippen LogP contribution in [0.1, 0.15) is 11.1 Å². The summed E-state index contributed by atoms with van der Waals surface area (Å²) < 4.78 is 87.2. The van der Waals surface area contributed by atoms with E-state index in [1.807, 2.05) is 109 Å². The third-order valence-electron chi connectivity index (χ3n) is 9.78. The summed E-state index contributed by atoms with van der Waals surface area (Å²) in [6, 6.07) is 45.6. The average molecular weight is 697 g/mol. The zero-order valence-electron chi connectivity index (χ0n) is 27.2. The Bertz CT molecular complexity index is 2620. The number of aromatic nitrogens is 2. The van der Waals surface area contributed by atoms with Crippen molar-refractivity contribution in [2.45, 2.75) is 12.4 Å². The summed E-state index contributed by atoms with van der Waals surface area (Å²) in [6.45, 7) is 0. The minimum atomic E-state index is -4.54. The molecule has 0 spiro atoms. The first-order valence-electron chi connectivity index (χ1n) is 16.6. The number of hydrogen-bond donors (Lipinski definition) is 0. The Kier molecular flexibility index (Phi) is 7.09. The highest BCUT2D eigenvalue weighted by atomic mass is 19.4. The maximum Gasteiger partial charge on any atom is 0.416 e. The Morgan fingerprint density at radius 2 is 0.654 bits per heavy atom. The molecule has 0 amide bonds. The largest absolute Gasteiger partial charge is 0.416 e. The van der Waals surface area contributed by atoms with Crippen molar-refractivity contribution in [3.05, 3.63) is 169 Å². The highest BCUT2D eigenvalue weighted by Gasteiger charge is 2.32. The normalized spacial score (nSPS) is 12.4. The molecule has 7 aromatic carbocycles. The van der Waals surface area contributed by atoms with Gasteiger partial charge in [0.05, 0.1) is 38.9 Å². The van der Waals surface area contributed by atoms with Crippen LogP contribution in [0.25, 0.3) is 77.2 Å². The predicted molar refractivity (Wildman–Crippen MR) is 196 cm³/mol. The van der Waals surface area contributed by atoms with E-state index in [-0.39, 0.29) is 0 Å². The smallest absolute Gasteiger partial charge is 0.309 e. The first-order chi connectivity index (χ1) is 25.1. The lowest BCUT2D eigenvalue weighted by molar-refractivity contribution is -0.138. The highest BCUT2D eigenvalue weighted by Crippen LogP contribution is 2.45. The molecular weight excluding hydrogens is 670 g/mol. The number of para-hydroxylation sites is 4. The molecule has 2 heterocycles. The Hall–Kier alpha value is -6.28. The Balaban J connectivity index is 1.46. The van der Waals surface area contributed by atoms with E-state index < -0.39 is 23.5 Å². The van der Waals surface area contributed by atoms with Crippen LogP contribution < -0.4 is 0 Å². The van der Waals surface area contributed by atoms with Gasteiger partial charge in [-0.25, -0.2) is 0 Å². The van der Waals surface area contributed by atoms with Gasteiger partial charge in [-0.15, -0.1) is 0 Å². The van der Waals surface area contributed by atoms with Gasteiger partial charge in [-0.3, -0.25) is 0 Å². The molecule has 0 bridgehead atoms. The SMILES string of the molecule is FC(F)(F)c1ccc(-c2cc(-n3c4ccccc4c4ccccc43)cc(-c3ccc(C(F)(F)F)cc3)c2-n2c3ccccc3c3ccccc32)cc1. The van der Waals surface area contributed by atoms with Gasteiger partial charge in [-0.2, -0.15) is 26.3 Å². The topological polar surface area (TPSA) is 9.86 Å². The fourth-order valence-corrected chi connectivity index (χ4v) is 7.47. The van der Waals surface area contributed by atoms with Crippen molar-refractivity contribution in [1.29, 1.82) is 0 Å². The van der Waals surface area contributed by atoms with Gasteiger partial charge >= 0.3 is 12.4 Å². The monoisotopic (exact) mass is 696 g/mol. The number of rotatable bonds is 4. The van der Waals surface area contributed by atoms with Crippen molar-refractivity contribution in [1.82, 2.24) is 9.13 Å². The summed E-state index contributed by atoms with van der Waals surface area (Å²) in [4.78, 5) is 0. The second-order valence-corrected chi connectivity index (χ2v) is 12.8. The molecule has 0 N–H and O–H groups in total. The molecule has 8 heteroatoms. The summed E-state index contributed by atoms with van der Waals surface area (Å²) in [5.74, 6) is 0. The third-order valence-corrected chi connectivity index (χ3v) is 9.78. The highest BCUT2D eigenvalue weighted by molar-refractivity contribution is 6.12. The number of halogens is 6. The van der Waals surface area contributed by atoms with Gasteiger partial charge in [0, 0.05) is 38.4 Å². The molecule has 0 fully saturated rings. The lowest BCUT2D eigenvalue weighted by Gasteiger charge is -2.22. The van der Waals surface area contributed by atoms with Gasteiger partial charge in [0.2, 0.25) is 0 Å². The van der Waals surface area contributed by atoms with Gasteiger partial charge in [0.25, 0.3) is 0 Å². The minimum absolute atomic E-state index is 0.514. The molecule has 0 saturated heterocycles. The molecule has 0 unspecified atom stereocenters. The van der Waals surface area contributed by atoms with Crippen molar-refractivity contribution in [3.8, 4) is 33.6 Å². The van der Waals surface area contributed by atoms with E-state index in [1.165, 1.54) is 24.3 Å². The van der Waals surface area contributed by atoms with E-state index in [9.17, 15) is 26.3 Å². The van der Waals surface area contributed by atoms with Crippen LogP contribution >= 0.6 is 0 Å². The first kappa shape index (κ1) is 31.7. The van der Waals surface area contributed by atoms with Gasteiger partial charge in [-0.1, -0.05) is 97.1 Å². The molecule has 0 saturated carbocycles. The summed E-state index contributed by atoms with van der Waals surface area (Å²) >= 11 is 0. The van der Waals surface area contributed by atoms with Crippen LogP contribution in [0, 0.1) is 0 Å². The van der Waals surface area contributed by atoms with E-state index in [1.54, 1.807) is 0 Å². The maximum atomic E-state index is 13.8. The van der Waals surface area contributed by atoms with Crippen LogP contribution in [0.15, 0.2) is 158 Å². The van der Waals surface area contributed by atoms with Crippen molar-refractivity contribution in [3.63, 3.8) is 0 Å². The standard InChI is InChI=1S/C44H26F6N2/c45-43(46,47)29-21-17-27(18-22-29)36-25-31(51-38-13-5-1-9-32(38)33-10-2-6-14-39(33)51)26-37(28-19-23-30(24-20-28)44(48,49)50)42(36)52-40-15-7-3-11-34(40)35-12-4-8-16-41(35)52/h1-26H. The number of nitrogens with zero attached hydrogens (tertiary/aromatic N) is 2. The van der Waals surface area contributed by atoms with E-state index in [0.29, 0.717) is 33.6 Å². The molecular formula is C44H26F6N2. The Morgan fingerprint density at radius 3 is 0.981 bits per heavy atom. The molecule has 2 aromatic heterocycles. The maximum absolute atomic E-state index is 13.8. The molecule has 52 heavy (non-hydrogen) atoms. The van der Waals surface area contributed by atoms with Crippen LogP contribution in [-0.4, -0.2) is 9.13 Å². The molecule has 0 radical (unpaired) electrons. The van der Waals surface area contributed by atoms with Crippen molar-refractivity contribution < 1.29 is 26.3 Å². The number of benzene rings is 7. The van der Waals surface area contributed by atoms with Gasteiger partial charge in [-0.05, 0) is 71.8 Å². The Labute approximate surface area is 293 Å². The van der Waals surface area contributed by atoms with E-state index in [4.69, 9.17) is 0 Å². The molecule has 254 valence electrons. The van der Waals surface area contributed by atoms with E-state index in [2.05, 4.69) is 9.13 Å². The molecule has 0 aliphatic carbocycles. The molecule has 0 aliphatic heterocycles. The summed E-state index contributed by atoms with van der Waals surface area (Å²) in [7, 11) is 0. The van der Waals surface area contributed by atoms with Gasteiger partial charge in [0.15, 0.2) is 0 Å². The molecule has 9 aromatic rings. The second-order valence-electron chi connectivity index (χ2n) is 12.8. The van der Waals surface area contributed by atoms with Gasteiger partial charge < -0.3 is 9.13 Å². The lowest BCUT2D eigenvalue weighted by Crippen LogP contribution is -2.06. The second kappa shape index (κ2) is 11.6. The first-order valence-corrected chi connectivity index (χ1v) is 16.6. The fourth-order valence-electron chi connectivity index (χ4n) is 7.47. The number of hydrogen-bond acceptors (Lipinski definition) is 0. The van der Waals surface area contributed by atoms with Crippen LogP contribution in [0.2, 0.25) is 0 Å². The number of fused-ring (bicyclic) bond motifs is 6. The lowest BCUT2D eigenvalue weighted by atomic mass is 9.93. The van der Waals surface area contributed by atoms with Gasteiger partial charge in [0.1, 0.15) is 0 Å². The molecule has 0 atom stereocenters. The van der Waals surface area contributed by atoms with E-state index in [0.717, 1.165) is 67.9 Å². The van der Waals surface area contributed by atoms with Crippen LogP contribution in [0.3, 0.4) is 0 Å². The van der Waals surface area contributed by atoms with Crippen molar-refractivity contribution in [2.75, 3.05) is 0 Å². The minimum Gasteiger partial charge on any atom is -0.309 e. The summed E-state index contributed by atoms with van der Waals surface area (Å²) in [5, 5.41) is 3.94. The third kappa shape index (κ3) is 5.05. The fraction of sp³-hybridized carbons (Fsp3) is 0.0455. The zero-order valence-corrected chi connectivity index (χ0v) is 27.2. The quantitative estimate of drug-likeness (QED) is 0.162. The van der Waals surface area contributed by atoms with Crippen molar-refractivity contribution in [2.24, 2.45) is 0 Å².